The van der Waals surface area contributed by atoms with E-state index in [9.17, 15) is 19.6 Å². The van der Waals surface area contributed by atoms with Crippen LogP contribution in [0.15, 0.2) is 53.7 Å². The quantitative estimate of drug-likeness (QED) is 0.270. The molecule has 0 saturated carbocycles. The SMILES string of the molecule is COC(=O)c1ccc(N(C)CC(CN2C(=O)c3ccccc3C2=O)=NO)cc1. The van der Waals surface area contributed by atoms with E-state index in [4.69, 9.17) is 0 Å². The van der Waals surface area contributed by atoms with Crippen molar-refractivity contribution in [3.05, 3.63) is 65.2 Å². The number of hydrogen-bond acceptors (Lipinski definition) is 7. The smallest absolute Gasteiger partial charge is 0.337 e. The first-order valence-electron chi connectivity index (χ1n) is 8.50. The lowest BCUT2D eigenvalue weighted by atomic mass is 10.1. The molecule has 0 bridgehead atoms. The normalized spacial score (nSPS) is 13.5. The highest BCUT2D eigenvalue weighted by molar-refractivity contribution is 6.22. The molecule has 2 aromatic carbocycles. The maximum Gasteiger partial charge on any atom is 0.337 e. The third kappa shape index (κ3) is 3.57. The van der Waals surface area contributed by atoms with Crippen molar-refractivity contribution in [1.29, 1.82) is 0 Å². The monoisotopic (exact) mass is 381 g/mol. The van der Waals surface area contributed by atoms with Gasteiger partial charge in [0.2, 0.25) is 0 Å². The summed E-state index contributed by atoms with van der Waals surface area (Å²) in [5.41, 5.74) is 2.11. The Balaban J connectivity index is 1.69. The molecule has 28 heavy (non-hydrogen) atoms. The van der Waals surface area contributed by atoms with Crippen LogP contribution in [0.25, 0.3) is 0 Å². The molecular formula is C20H19N3O5. The first-order chi connectivity index (χ1) is 13.5. The molecule has 144 valence electrons. The summed E-state index contributed by atoms with van der Waals surface area (Å²) in [4.78, 5) is 39.3. The fourth-order valence-corrected chi connectivity index (χ4v) is 3.01. The Labute approximate surface area is 161 Å². The van der Waals surface area contributed by atoms with Gasteiger partial charge in [-0.05, 0) is 36.4 Å². The number of esters is 1. The highest BCUT2D eigenvalue weighted by Crippen LogP contribution is 2.22. The number of rotatable bonds is 6. The molecule has 8 heteroatoms. The predicted molar refractivity (Wildman–Crippen MR) is 102 cm³/mol. The Morgan fingerprint density at radius 1 is 1.07 bits per heavy atom. The van der Waals surface area contributed by atoms with Crippen molar-refractivity contribution >= 4 is 29.2 Å². The van der Waals surface area contributed by atoms with Crippen LogP contribution in [0.1, 0.15) is 31.1 Å². The lowest BCUT2D eigenvalue weighted by Gasteiger charge is -2.22. The zero-order chi connectivity index (χ0) is 20.3. The van der Waals surface area contributed by atoms with Crippen molar-refractivity contribution in [2.45, 2.75) is 0 Å². The summed E-state index contributed by atoms with van der Waals surface area (Å²) < 4.78 is 4.67. The van der Waals surface area contributed by atoms with Crippen molar-refractivity contribution in [1.82, 2.24) is 4.90 Å². The van der Waals surface area contributed by atoms with E-state index < -0.39 is 17.8 Å². The molecule has 2 aromatic rings. The van der Waals surface area contributed by atoms with Gasteiger partial charge in [-0.15, -0.1) is 0 Å². The van der Waals surface area contributed by atoms with E-state index in [2.05, 4.69) is 9.89 Å². The van der Waals surface area contributed by atoms with Crippen molar-refractivity contribution in [3.63, 3.8) is 0 Å². The molecule has 0 aliphatic carbocycles. The molecule has 1 aliphatic heterocycles. The van der Waals surface area contributed by atoms with Gasteiger partial charge in [-0.1, -0.05) is 17.3 Å². The first kappa shape index (κ1) is 19.1. The fraction of sp³-hybridized carbons (Fsp3) is 0.200. The standard InChI is InChI=1S/C20H19N3O5/c1-22(15-9-7-13(8-10-15)20(26)28-2)11-14(21-27)12-23-18(24)16-5-3-4-6-17(16)19(23)25/h3-10,27H,11-12H2,1-2H3. The van der Waals surface area contributed by atoms with Crippen LogP contribution in [0.4, 0.5) is 5.69 Å². The van der Waals surface area contributed by atoms with Crippen molar-refractivity contribution in [2.75, 3.05) is 32.1 Å². The van der Waals surface area contributed by atoms with Crippen molar-refractivity contribution < 1.29 is 24.3 Å². The van der Waals surface area contributed by atoms with Gasteiger partial charge in [0, 0.05) is 12.7 Å². The van der Waals surface area contributed by atoms with Gasteiger partial charge in [0.05, 0.1) is 42.6 Å². The van der Waals surface area contributed by atoms with E-state index in [-0.39, 0.29) is 18.8 Å². The van der Waals surface area contributed by atoms with Crippen LogP contribution in [0.3, 0.4) is 0 Å². The number of imide groups is 1. The van der Waals surface area contributed by atoms with E-state index >= 15 is 0 Å². The number of anilines is 1. The summed E-state index contributed by atoms with van der Waals surface area (Å²) in [5.74, 6) is -1.25. The number of oxime groups is 1. The number of amides is 2. The van der Waals surface area contributed by atoms with Crippen LogP contribution in [-0.4, -0.2) is 60.8 Å². The van der Waals surface area contributed by atoms with Crippen LogP contribution in [0, 0.1) is 0 Å². The highest BCUT2D eigenvalue weighted by atomic mass is 16.5. The molecule has 3 rings (SSSR count). The van der Waals surface area contributed by atoms with Crippen molar-refractivity contribution in [2.24, 2.45) is 5.16 Å². The highest BCUT2D eigenvalue weighted by Gasteiger charge is 2.35. The molecule has 8 nitrogen and oxygen atoms in total. The number of hydrogen-bond donors (Lipinski definition) is 1. The van der Waals surface area contributed by atoms with Crippen molar-refractivity contribution in [3.8, 4) is 0 Å². The van der Waals surface area contributed by atoms with Crippen LogP contribution in [0.5, 0.6) is 0 Å². The second-order valence-electron chi connectivity index (χ2n) is 6.30. The largest absolute Gasteiger partial charge is 0.465 e. The molecule has 2 amide bonds. The summed E-state index contributed by atoms with van der Waals surface area (Å²) in [7, 11) is 3.08. The molecular weight excluding hydrogens is 362 g/mol. The Morgan fingerprint density at radius 2 is 1.64 bits per heavy atom. The Bertz CT molecular complexity index is 918. The van der Waals surface area contributed by atoms with Crippen LogP contribution >= 0.6 is 0 Å². The molecule has 0 aromatic heterocycles. The minimum Gasteiger partial charge on any atom is -0.465 e. The lowest BCUT2D eigenvalue weighted by molar-refractivity contribution is 0.0599. The van der Waals surface area contributed by atoms with Gasteiger partial charge in [0.1, 0.15) is 0 Å². The Hall–Kier alpha value is -3.68. The topological polar surface area (TPSA) is 99.5 Å². The van der Waals surface area contributed by atoms with Crippen LogP contribution in [0.2, 0.25) is 0 Å². The van der Waals surface area contributed by atoms with E-state index in [0.29, 0.717) is 16.7 Å². The number of ether oxygens (including phenoxy) is 1. The third-order valence-corrected chi connectivity index (χ3v) is 4.51. The van der Waals surface area contributed by atoms with Gasteiger partial charge < -0.3 is 14.8 Å². The Morgan fingerprint density at radius 3 is 2.14 bits per heavy atom. The zero-order valence-electron chi connectivity index (χ0n) is 15.5. The zero-order valence-corrected chi connectivity index (χ0v) is 15.5. The molecule has 0 spiro atoms. The summed E-state index contributed by atoms with van der Waals surface area (Å²) in [6.07, 6.45) is 0. The number of fused-ring (bicyclic) bond motifs is 1. The van der Waals surface area contributed by atoms with Gasteiger partial charge in [-0.3, -0.25) is 14.5 Å². The minimum absolute atomic E-state index is 0.118. The second-order valence-corrected chi connectivity index (χ2v) is 6.30. The molecule has 1 N–H and O–H groups in total. The van der Waals surface area contributed by atoms with E-state index in [1.54, 1.807) is 60.5 Å². The average Bonchev–Trinajstić information content (AvgIpc) is 2.97. The van der Waals surface area contributed by atoms with E-state index in [1.807, 2.05) is 0 Å². The maximum atomic E-state index is 12.5. The van der Waals surface area contributed by atoms with Gasteiger partial charge in [0.25, 0.3) is 11.8 Å². The minimum atomic E-state index is -0.433. The fourth-order valence-electron chi connectivity index (χ4n) is 3.01. The number of benzene rings is 2. The van der Waals surface area contributed by atoms with Gasteiger partial charge in [0.15, 0.2) is 0 Å². The summed E-state index contributed by atoms with van der Waals surface area (Å²) >= 11 is 0. The third-order valence-electron chi connectivity index (χ3n) is 4.51. The molecule has 0 saturated heterocycles. The molecule has 0 atom stereocenters. The number of carbonyl (C=O) groups excluding carboxylic acids is 3. The van der Waals surface area contributed by atoms with Gasteiger partial charge >= 0.3 is 5.97 Å². The number of methoxy groups -OCH3 is 1. The molecule has 0 fully saturated rings. The van der Waals surface area contributed by atoms with Gasteiger partial charge in [-0.25, -0.2) is 4.79 Å². The number of nitrogens with zero attached hydrogens (tertiary/aromatic N) is 3. The van der Waals surface area contributed by atoms with Crippen LogP contribution in [-0.2, 0) is 4.74 Å². The number of carbonyl (C=O) groups is 3. The predicted octanol–water partition coefficient (Wildman–Crippen LogP) is 2.04. The summed E-state index contributed by atoms with van der Waals surface area (Å²) in [6, 6.07) is 13.3. The summed E-state index contributed by atoms with van der Waals surface area (Å²) in [6.45, 7) is 0.0644. The van der Waals surface area contributed by atoms with E-state index in [1.165, 1.54) is 7.11 Å². The Kier molecular flexibility index (Phi) is 5.39. The lowest BCUT2D eigenvalue weighted by Crippen LogP contribution is -2.39. The molecule has 0 unspecified atom stereocenters. The molecule has 0 radical (unpaired) electrons. The average molecular weight is 381 g/mol. The van der Waals surface area contributed by atoms with E-state index in [0.717, 1.165) is 10.6 Å². The van der Waals surface area contributed by atoms with Gasteiger partial charge in [-0.2, -0.15) is 0 Å². The molecule has 1 aliphatic rings. The molecule has 1 heterocycles. The van der Waals surface area contributed by atoms with Crippen LogP contribution < -0.4 is 4.90 Å². The first-order valence-corrected chi connectivity index (χ1v) is 8.50. The summed E-state index contributed by atoms with van der Waals surface area (Å²) in [5, 5.41) is 12.6. The second kappa shape index (κ2) is 7.91. The maximum absolute atomic E-state index is 12.5.